The third-order valence-corrected chi connectivity index (χ3v) is 5.24. The molecule has 1 aliphatic rings. The van der Waals surface area contributed by atoms with E-state index in [1.54, 1.807) is 6.92 Å². The maximum absolute atomic E-state index is 13.1. The molecule has 0 bridgehead atoms. The first kappa shape index (κ1) is 18.4. The smallest absolute Gasteiger partial charge is 0.416 e. The molecule has 0 unspecified atom stereocenters. The fourth-order valence-corrected chi connectivity index (χ4v) is 3.72. The molecular formula is C17H15F3N2O3S. The van der Waals surface area contributed by atoms with Crippen molar-refractivity contribution in [3.05, 3.63) is 46.0 Å². The van der Waals surface area contributed by atoms with Gasteiger partial charge in [-0.3, -0.25) is 4.79 Å². The lowest BCUT2D eigenvalue weighted by Gasteiger charge is -2.12. The molecule has 1 aromatic carbocycles. The normalized spacial score (nSPS) is 19.1. The fraction of sp³-hybridized carbons (Fsp3) is 0.353. The van der Waals surface area contributed by atoms with Crippen LogP contribution < -0.4 is 5.32 Å². The van der Waals surface area contributed by atoms with Crippen LogP contribution in [0.4, 0.5) is 18.3 Å². The molecular weight excluding hydrogens is 369 g/mol. The number of benzene rings is 1. The molecule has 1 amide bonds. The van der Waals surface area contributed by atoms with Crippen LogP contribution in [0.25, 0.3) is 0 Å². The Morgan fingerprint density at radius 2 is 2.00 bits per heavy atom. The van der Waals surface area contributed by atoms with Crippen molar-refractivity contribution in [3.63, 3.8) is 0 Å². The van der Waals surface area contributed by atoms with Gasteiger partial charge in [0, 0.05) is 5.92 Å². The van der Waals surface area contributed by atoms with Crippen LogP contribution in [-0.2, 0) is 15.7 Å². The number of hydrogen-bond donors (Lipinski definition) is 1. The number of amides is 1. The van der Waals surface area contributed by atoms with Crippen LogP contribution in [0.2, 0.25) is 0 Å². The summed E-state index contributed by atoms with van der Waals surface area (Å²) in [7, 11) is 1.24. The second kappa shape index (κ2) is 6.71. The van der Waals surface area contributed by atoms with E-state index in [9.17, 15) is 22.8 Å². The van der Waals surface area contributed by atoms with E-state index >= 15 is 0 Å². The molecule has 3 rings (SSSR count). The molecule has 0 spiro atoms. The Kier molecular flexibility index (Phi) is 4.74. The van der Waals surface area contributed by atoms with Crippen LogP contribution in [0.3, 0.4) is 0 Å². The third kappa shape index (κ3) is 3.57. The minimum absolute atomic E-state index is 0.130. The van der Waals surface area contributed by atoms with Crippen molar-refractivity contribution in [2.24, 2.45) is 5.92 Å². The van der Waals surface area contributed by atoms with Crippen LogP contribution in [0.1, 0.15) is 38.8 Å². The van der Waals surface area contributed by atoms with Gasteiger partial charge in [-0.15, -0.1) is 0 Å². The molecule has 1 aliphatic carbocycles. The van der Waals surface area contributed by atoms with Gasteiger partial charge in [0.25, 0.3) is 0 Å². The number of thiazole rings is 1. The molecule has 9 heteroatoms. The number of carbonyl (C=O) groups excluding carboxylic acids is 2. The number of aryl methyl sites for hydroxylation is 1. The Morgan fingerprint density at radius 3 is 2.65 bits per heavy atom. The van der Waals surface area contributed by atoms with Gasteiger partial charge in [-0.25, -0.2) is 9.78 Å². The summed E-state index contributed by atoms with van der Waals surface area (Å²) in [6.07, 6.45) is -4.12. The molecule has 0 radical (unpaired) electrons. The highest BCUT2D eigenvalue weighted by Crippen LogP contribution is 2.51. The zero-order chi connectivity index (χ0) is 19.1. The van der Waals surface area contributed by atoms with Gasteiger partial charge in [0.05, 0.1) is 18.4 Å². The molecule has 138 valence electrons. The number of halogens is 3. The first-order valence-electron chi connectivity index (χ1n) is 7.75. The molecule has 0 saturated heterocycles. The number of esters is 1. The number of anilines is 1. The van der Waals surface area contributed by atoms with Gasteiger partial charge < -0.3 is 10.1 Å². The lowest BCUT2D eigenvalue weighted by Crippen LogP contribution is -2.15. The number of rotatable bonds is 4. The first-order valence-corrected chi connectivity index (χ1v) is 8.56. The second-order valence-corrected chi connectivity index (χ2v) is 6.95. The molecule has 1 N–H and O–H groups in total. The van der Waals surface area contributed by atoms with E-state index in [1.165, 1.54) is 25.3 Å². The van der Waals surface area contributed by atoms with Crippen molar-refractivity contribution < 1.29 is 27.5 Å². The average molecular weight is 384 g/mol. The highest BCUT2D eigenvalue weighted by Gasteiger charge is 2.48. The summed E-state index contributed by atoms with van der Waals surface area (Å²) in [4.78, 5) is 28.3. The van der Waals surface area contributed by atoms with Crippen molar-refractivity contribution in [1.82, 2.24) is 4.98 Å². The lowest BCUT2D eigenvalue weighted by molar-refractivity contribution is -0.138. The molecule has 1 heterocycles. The van der Waals surface area contributed by atoms with Gasteiger partial charge >= 0.3 is 12.1 Å². The van der Waals surface area contributed by atoms with Crippen LogP contribution in [0.5, 0.6) is 0 Å². The Morgan fingerprint density at radius 1 is 1.31 bits per heavy atom. The predicted octanol–water partition coefficient (Wildman–Crippen LogP) is 4.00. The van der Waals surface area contributed by atoms with Gasteiger partial charge in [-0.2, -0.15) is 13.2 Å². The van der Waals surface area contributed by atoms with Crippen molar-refractivity contribution >= 4 is 28.3 Å². The highest BCUT2D eigenvalue weighted by atomic mass is 32.1. The fourth-order valence-electron chi connectivity index (χ4n) is 2.84. The number of ether oxygens (including phenoxy) is 1. The van der Waals surface area contributed by atoms with E-state index in [-0.39, 0.29) is 15.6 Å². The zero-order valence-electron chi connectivity index (χ0n) is 13.9. The monoisotopic (exact) mass is 384 g/mol. The second-order valence-electron chi connectivity index (χ2n) is 5.95. The Bertz CT molecular complexity index is 863. The summed E-state index contributed by atoms with van der Waals surface area (Å²) in [5.74, 6) is -1.99. The molecule has 1 aromatic heterocycles. The number of alkyl halides is 3. The van der Waals surface area contributed by atoms with Crippen LogP contribution in [0.15, 0.2) is 24.3 Å². The van der Waals surface area contributed by atoms with Gasteiger partial charge in [-0.1, -0.05) is 29.5 Å². The topological polar surface area (TPSA) is 68.3 Å². The first-order chi connectivity index (χ1) is 12.2. The van der Waals surface area contributed by atoms with E-state index in [0.717, 1.165) is 17.4 Å². The lowest BCUT2D eigenvalue weighted by atomic mass is 10.0. The Hall–Kier alpha value is -2.42. The molecule has 1 fully saturated rings. The molecule has 26 heavy (non-hydrogen) atoms. The Labute approximate surface area is 151 Å². The highest BCUT2D eigenvalue weighted by molar-refractivity contribution is 7.17. The van der Waals surface area contributed by atoms with Crippen LogP contribution in [-0.4, -0.2) is 24.0 Å². The number of carbonyl (C=O) groups is 2. The molecule has 5 nitrogen and oxygen atoms in total. The maximum Gasteiger partial charge on any atom is 0.416 e. The van der Waals surface area contributed by atoms with Gasteiger partial charge in [0.1, 0.15) is 4.88 Å². The summed E-state index contributed by atoms with van der Waals surface area (Å²) in [6.45, 7) is 1.61. The van der Waals surface area contributed by atoms with Gasteiger partial charge in [0.2, 0.25) is 5.91 Å². The van der Waals surface area contributed by atoms with Crippen molar-refractivity contribution in [2.75, 3.05) is 12.4 Å². The summed E-state index contributed by atoms with van der Waals surface area (Å²) in [5, 5.41) is 2.81. The van der Waals surface area contributed by atoms with Crippen molar-refractivity contribution in [3.8, 4) is 0 Å². The van der Waals surface area contributed by atoms with E-state index in [2.05, 4.69) is 15.0 Å². The van der Waals surface area contributed by atoms with E-state index in [1.807, 2.05) is 0 Å². The van der Waals surface area contributed by atoms with Crippen LogP contribution in [0, 0.1) is 12.8 Å². The number of nitrogens with zero attached hydrogens (tertiary/aromatic N) is 1. The summed E-state index contributed by atoms with van der Waals surface area (Å²) < 4.78 is 44.0. The summed E-state index contributed by atoms with van der Waals surface area (Å²) in [6, 6.07) is 5.29. The van der Waals surface area contributed by atoms with Crippen molar-refractivity contribution in [1.29, 1.82) is 0 Å². The number of nitrogens with one attached hydrogen (secondary N) is 1. The largest absolute Gasteiger partial charge is 0.465 e. The molecule has 2 atom stereocenters. The minimum atomic E-state index is -4.46. The Balaban J connectivity index is 1.72. The van der Waals surface area contributed by atoms with E-state index < -0.39 is 35.5 Å². The van der Waals surface area contributed by atoms with E-state index in [4.69, 9.17) is 0 Å². The number of hydrogen-bond acceptors (Lipinski definition) is 5. The molecule has 1 saturated carbocycles. The van der Waals surface area contributed by atoms with Gasteiger partial charge in [0.15, 0.2) is 5.13 Å². The minimum Gasteiger partial charge on any atom is -0.465 e. The van der Waals surface area contributed by atoms with Gasteiger partial charge in [-0.05, 0) is 30.9 Å². The summed E-state index contributed by atoms with van der Waals surface area (Å²) >= 11 is 0.973. The van der Waals surface area contributed by atoms with Crippen molar-refractivity contribution in [2.45, 2.75) is 25.4 Å². The number of aromatic nitrogens is 1. The zero-order valence-corrected chi connectivity index (χ0v) is 14.7. The predicted molar refractivity (Wildman–Crippen MR) is 89.1 cm³/mol. The van der Waals surface area contributed by atoms with Crippen LogP contribution >= 0.6 is 11.3 Å². The third-order valence-electron chi connectivity index (χ3n) is 4.19. The number of methoxy groups -OCH3 is 1. The standard InChI is InChI=1S/C17H15F3N2O3S/c1-8-13(15(24)25-2)26-16(21-8)22-14(23)11-7-10(11)9-5-3-4-6-12(9)17(18,19)20/h3-6,10-11H,7H2,1-2H3,(H,21,22,23)/t10-,11-/m0/s1. The van der Waals surface area contributed by atoms with E-state index in [0.29, 0.717) is 12.1 Å². The molecule has 2 aromatic rings. The molecule has 0 aliphatic heterocycles. The average Bonchev–Trinajstić information content (AvgIpc) is 3.31. The maximum atomic E-state index is 13.1. The SMILES string of the molecule is COC(=O)c1sc(NC(=O)[C@H]2C[C@H]2c2ccccc2C(F)(F)F)nc1C. The summed E-state index contributed by atoms with van der Waals surface area (Å²) in [5.41, 5.74) is -0.156. The quantitative estimate of drug-likeness (QED) is 0.809.